The van der Waals surface area contributed by atoms with Gasteiger partial charge in [0.15, 0.2) is 6.23 Å². The number of aliphatic hydroxyl groups excluding tert-OH is 3. The highest BCUT2D eigenvalue weighted by Crippen LogP contribution is 2.35. The molecule has 0 amide bonds. The van der Waals surface area contributed by atoms with E-state index in [1.807, 2.05) is 6.07 Å². The van der Waals surface area contributed by atoms with Gasteiger partial charge in [0.1, 0.15) is 42.2 Å². The molecule has 5 atom stereocenters. The minimum atomic E-state index is -1.31. The van der Waals surface area contributed by atoms with Crippen molar-refractivity contribution in [3.8, 4) is 6.07 Å². The van der Waals surface area contributed by atoms with Crippen LogP contribution in [0.4, 0.5) is 5.82 Å². The zero-order chi connectivity index (χ0) is 17.4. The lowest BCUT2D eigenvalue weighted by Crippen LogP contribution is -2.38. The molecule has 1 aliphatic rings. The molecule has 1 aliphatic heterocycles. The molecule has 126 valence electrons. The summed E-state index contributed by atoms with van der Waals surface area (Å²) in [7, 11) is 0. The third kappa shape index (κ3) is 2.42. The molecule has 0 spiro atoms. The number of anilines is 1. The van der Waals surface area contributed by atoms with Crippen molar-refractivity contribution in [2.24, 2.45) is 0 Å². The second-order valence-corrected chi connectivity index (χ2v) is 5.58. The Bertz CT molecular complexity index is 814. The minimum Gasteiger partial charge on any atom is -0.390 e. The van der Waals surface area contributed by atoms with Crippen LogP contribution in [-0.4, -0.2) is 54.3 Å². The summed E-state index contributed by atoms with van der Waals surface area (Å²) >= 11 is 0. The first kappa shape index (κ1) is 16.4. The summed E-state index contributed by atoms with van der Waals surface area (Å²) in [5.74, 6) is 0.131. The summed E-state index contributed by atoms with van der Waals surface area (Å²) in [6.45, 7) is 3.53. The van der Waals surface area contributed by atoms with Gasteiger partial charge in [-0.15, -0.1) is 6.58 Å². The van der Waals surface area contributed by atoms with E-state index >= 15 is 0 Å². The second-order valence-electron chi connectivity index (χ2n) is 5.58. The first-order valence-electron chi connectivity index (χ1n) is 7.31. The number of nitrogens with two attached hydrogens (primary N) is 1. The van der Waals surface area contributed by atoms with E-state index in [-0.39, 0.29) is 17.8 Å². The molecule has 9 nitrogen and oxygen atoms in total. The van der Waals surface area contributed by atoms with Crippen molar-refractivity contribution in [1.82, 2.24) is 14.5 Å². The summed E-state index contributed by atoms with van der Waals surface area (Å²) in [5, 5.41) is 40.1. The highest BCUT2D eigenvalue weighted by Gasteiger charge is 2.47. The number of ether oxygens (including phenoxy) is 1. The van der Waals surface area contributed by atoms with Crippen LogP contribution in [0.15, 0.2) is 25.2 Å². The van der Waals surface area contributed by atoms with Gasteiger partial charge in [0, 0.05) is 6.20 Å². The molecule has 24 heavy (non-hydrogen) atoms. The number of aromatic nitrogens is 3. The van der Waals surface area contributed by atoms with E-state index < -0.39 is 30.6 Å². The van der Waals surface area contributed by atoms with Crippen molar-refractivity contribution >= 4 is 16.9 Å². The molecular formula is C15H17N5O4. The first-order valence-corrected chi connectivity index (χ1v) is 7.31. The van der Waals surface area contributed by atoms with Gasteiger partial charge in [-0.2, -0.15) is 5.26 Å². The lowest BCUT2D eigenvalue weighted by molar-refractivity contribution is -0.0820. The van der Waals surface area contributed by atoms with Gasteiger partial charge in [0.25, 0.3) is 0 Å². The maximum absolute atomic E-state index is 10.3. The molecule has 0 aromatic carbocycles. The van der Waals surface area contributed by atoms with E-state index in [4.69, 9.17) is 10.5 Å². The van der Waals surface area contributed by atoms with E-state index in [9.17, 15) is 20.6 Å². The van der Waals surface area contributed by atoms with Crippen molar-refractivity contribution in [3.05, 3.63) is 30.7 Å². The van der Waals surface area contributed by atoms with Crippen LogP contribution in [0.1, 0.15) is 18.2 Å². The number of nitrogen functional groups attached to an aromatic ring is 1. The Labute approximate surface area is 137 Å². The van der Waals surface area contributed by atoms with Crippen LogP contribution in [-0.2, 0) is 4.74 Å². The molecule has 2 aromatic heterocycles. The predicted octanol–water partition coefficient (Wildman–Crippen LogP) is -0.559. The number of hydrogen-bond donors (Lipinski definition) is 4. The molecule has 9 heteroatoms. The predicted molar refractivity (Wildman–Crippen MR) is 83.4 cm³/mol. The third-order valence-electron chi connectivity index (χ3n) is 4.10. The normalized spacial score (nSPS) is 27.9. The van der Waals surface area contributed by atoms with Gasteiger partial charge in [-0.05, 0) is 6.42 Å². The maximum Gasteiger partial charge on any atom is 0.164 e. The molecule has 2 aromatic rings. The van der Waals surface area contributed by atoms with Crippen LogP contribution in [0.3, 0.4) is 0 Å². The van der Waals surface area contributed by atoms with E-state index in [0.29, 0.717) is 11.0 Å². The molecule has 0 unspecified atom stereocenters. The smallest absolute Gasteiger partial charge is 0.164 e. The summed E-state index contributed by atoms with van der Waals surface area (Å²) < 4.78 is 7.06. The van der Waals surface area contributed by atoms with Gasteiger partial charge in [-0.3, -0.25) is 0 Å². The van der Waals surface area contributed by atoms with E-state index in [1.165, 1.54) is 23.2 Å². The lowest BCUT2D eigenvalue weighted by Gasteiger charge is -2.19. The van der Waals surface area contributed by atoms with Crippen LogP contribution in [0.2, 0.25) is 0 Å². The molecule has 5 N–H and O–H groups in total. The van der Waals surface area contributed by atoms with Gasteiger partial charge >= 0.3 is 0 Å². The average Bonchev–Trinajstić information content (AvgIpc) is 3.07. The monoisotopic (exact) mass is 331 g/mol. The Morgan fingerprint density at radius 2 is 2.21 bits per heavy atom. The van der Waals surface area contributed by atoms with Crippen LogP contribution in [0.5, 0.6) is 0 Å². The number of rotatable bonds is 4. The number of aliphatic hydroxyl groups is 3. The molecular weight excluding hydrogens is 314 g/mol. The highest BCUT2D eigenvalue weighted by atomic mass is 16.6. The summed E-state index contributed by atoms with van der Waals surface area (Å²) in [4.78, 5) is 7.95. The Kier molecular flexibility index (Phi) is 4.21. The van der Waals surface area contributed by atoms with E-state index in [1.54, 1.807) is 0 Å². The fourth-order valence-corrected chi connectivity index (χ4v) is 2.93. The van der Waals surface area contributed by atoms with Crippen molar-refractivity contribution in [2.75, 3.05) is 5.73 Å². The molecule has 0 bridgehead atoms. The fourth-order valence-electron chi connectivity index (χ4n) is 2.93. The largest absolute Gasteiger partial charge is 0.390 e. The van der Waals surface area contributed by atoms with Gasteiger partial charge < -0.3 is 30.4 Å². The zero-order valence-corrected chi connectivity index (χ0v) is 12.6. The summed E-state index contributed by atoms with van der Waals surface area (Å²) in [6, 6.07) is 1.99. The Hall–Kier alpha value is -2.51. The van der Waals surface area contributed by atoms with Gasteiger partial charge in [0.05, 0.1) is 17.1 Å². The van der Waals surface area contributed by atoms with E-state index in [0.717, 1.165) is 0 Å². The molecule has 0 saturated carbocycles. The summed E-state index contributed by atoms with van der Waals surface area (Å²) in [6.07, 6.45) is -1.29. The SMILES string of the molecule is C=CC[C@@H](O)[C@H]1O[C@@H](n2cc(C#N)c3c(N)ncnc32)[C@H](O)[C@@H]1O. The Balaban J connectivity index is 2.04. The fraction of sp³-hybridized carbons (Fsp3) is 0.400. The molecule has 3 heterocycles. The Morgan fingerprint density at radius 1 is 1.46 bits per heavy atom. The van der Waals surface area contributed by atoms with Crippen LogP contribution >= 0.6 is 0 Å². The van der Waals surface area contributed by atoms with Crippen molar-refractivity contribution < 1.29 is 20.1 Å². The van der Waals surface area contributed by atoms with Gasteiger partial charge in [0.2, 0.25) is 0 Å². The van der Waals surface area contributed by atoms with Crippen molar-refractivity contribution in [2.45, 2.75) is 37.1 Å². The number of fused-ring (bicyclic) bond motifs is 1. The average molecular weight is 331 g/mol. The van der Waals surface area contributed by atoms with Gasteiger partial charge in [-0.25, -0.2) is 9.97 Å². The number of hydrogen-bond acceptors (Lipinski definition) is 8. The van der Waals surface area contributed by atoms with Crippen LogP contribution in [0, 0.1) is 11.3 Å². The first-order chi connectivity index (χ1) is 11.5. The highest BCUT2D eigenvalue weighted by molar-refractivity contribution is 5.91. The molecule has 3 rings (SSSR count). The zero-order valence-electron chi connectivity index (χ0n) is 12.6. The topological polar surface area (TPSA) is 150 Å². The number of nitrogens with zero attached hydrogens (tertiary/aromatic N) is 4. The quantitative estimate of drug-likeness (QED) is 0.544. The minimum absolute atomic E-state index is 0.131. The molecule has 1 fully saturated rings. The van der Waals surface area contributed by atoms with Crippen molar-refractivity contribution in [1.29, 1.82) is 5.26 Å². The lowest BCUT2D eigenvalue weighted by atomic mass is 10.0. The van der Waals surface area contributed by atoms with Gasteiger partial charge in [-0.1, -0.05) is 6.08 Å². The van der Waals surface area contributed by atoms with Crippen molar-refractivity contribution in [3.63, 3.8) is 0 Å². The molecule has 1 saturated heterocycles. The Morgan fingerprint density at radius 3 is 2.88 bits per heavy atom. The second kappa shape index (κ2) is 6.18. The van der Waals surface area contributed by atoms with E-state index in [2.05, 4.69) is 16.5 Å². The third-order valence-corrected chi connectivity index (χ3v) is 4.10. The molecule has 0 radical (unpaired) electrons. The summed E-state index contributed by atoms with van der Waals surface area (Å²) in [5.41, 5.74) is 6.33. The number of nitriles is 1. The maximum atomic E-state index is 10.3. The standard InChI is InChI=1S/C15H17N5O4/c1-2-3-8(21)12-10(22)11(23)15(24-12)20-5-7(4-16)9-13(17)18-6-19-14(9)20/h2,5-6,8,10-12,15,21-23H,1,3H2,(H2,17,18,19)/t8-,10+,11-,12-,15-/m1/s1. The molecule has 0 aliphatic carbocycles. The van der Waals surface area contributed by atoms with Crippen LogP contribution < -0.4 is 5.73 Å². The van der Waals surface area contributed by atoms with Crippen LogP contribution in [0.25, 0.3) is 11.0 Å².